The molecule has 2 aliphatic heterocycles. The van der Waals surface area contributed by atoms with Gasteiger partial charge in [0.2, 0.25) is 5.13 Å². The lowest BCUT2D eigenvalue weighted by Gasteiger charge is -2.31. The van der Waals surface area contributed by atoms with Gasteiger partial charge in [0.1, 0.15) is 0 Å². The Kier molecular flexibility index (Phi) is 4.13. The van der Waals surface area contributed by atoms with E-state index in [0.717, 1.165) is 43.1 Å². The molecule has 0 spiro atoms. The molecule has 150 valence electrons. The number of nitrogens with zero attached hydrogens (tertiary/aromatic N) is 4. The Labute approximate surface area is 179 Å². The SMILES string of the molecule is CC1=C2CN(c3nc4ccccc4s3)N=C2CCN1CCc1c[nH]c2ccccc12. The molecule has 0 radical (unpaired) electrons. The maximum Gasteiger partial charge on any atom is 0.207 e. The Morgan fingerprint density at radius 1 is 1.10 bits per heavy atom. The highest BCUT2D eigenvalue weighted by Crippen LogP contribution is 2.34. The molecule has 4 aromatic rings. The fourth-order valence-electron chi connectivity index (χ4n) is 4.56. The van der Waals surface area contributed by atoms with Crippen molar-refractivity contribution in [3.63, 3.8) is 0 Å². The lowest BCUT2D eigenvalue weighted by atomic mass is 10.0. The third-order valence-electron chi connectivity index (χ3n) is 6.26. The van der Waals surface area contributed by atoms with Crippen LogP contribution in [0.25, 0.3) is 21.1 Å². The highest BCUT2D eigenvalue weighted by Gasteiger charge is 2.30. The van der Waals surface area contributed by atoms with Gasteiger partial charge in [0.15, 0.2) is 0 Å². The molecule has 30 heavy (non-hydrogen) atoms. The summed E-state index contributed by atoms with van der Waals surface area (Å²) in [4.78, 5) is 10.7. The minimum Gasteiger partial charge on any atom is -0.374 e. The van der Waals surface area contributed by atoms with Crippen LogP contribution in [0.15, 0.2) is 71.1 Å². The maximum atomic E-state index is 4.92. The fraction of sp³-hybridized carbons (Fsp3) is 0.250. The van der Waals surface area contributed by atoms with Crippen molar-refractivity contribution in [3.05, 3.63) is 71.6 Å². The normalized spacial score (nSPS) is 16.6. The van der Waals surface area contributed by atoms with Gasteiger partial charge in [-0.15, -0.1) is 0 Å². The van der Waals surface area contributed by atoms with Crippen LogP contribution in [-0.2, 0) is 6.42 Å². The van der Waals surface area contributed by atoms with E-state index in [0.29, 0.717) is 0 Å². The van der Waals surface area contributed by atoms with Crippen molar-refractivity contribution in [3.8, 4) is 0 Å². The molecule has 0 saturated carbocycles. The number of allylic oxidation sites excluding steroid dienone is 1. The van der Waals surface area contributed by atoms with Gasteiger partial charge in [-0.05, 0) is 37.1 Å². The van der Waals surface area contributed by atoms with Gasteiger partial charge in [-0.2, -0.15) is 5.10 Å². The second-order valence-corrected chi connectivity index (χ2v) is 8.99. The van der Waals surface area contributed by atoms with Crippen molar-refractivity contribution in [1.82, 2.24) is 14.9 Å². The Bertz CT molecular complexity index is 1280. The van der Waals surface area contributed by atoms with E-state index in [1.807, 2.05) is 6.07 Å². The van der Waals surface area contributed by atoms with E-state index < -0.39 is 0 Å². The third kappa shape index (κ3) is 2.91. The third-order valence-corrected chi connectivity index (χ3v) is 7.31. The number of hydrogen-bond donors (Lipinski definition) is 1. The number of anilines is 1. The number of aromatic nitrogens is 2. The van der Waals surface area contributed by atoms with Crippen molar-refractivity contribution in [1.29, 1.82) is 0 Å². The van der Waals surface area contributed by atoms with Crippen molar-refractivity contribution in [2.75, 3.05) is 24.6 Å². The molecule has 2 aromatic heterocycles. The molecule has 6 rings (SSSR count). The van der Waals surface area contributed by atoms with E-state index in [2.05, 4.69) is 70.5 Å². The number of hydrazone groups is 1. The van der Waals surface area contributed by atoms with Crippen LogP contribution in [0.5, 0.6) is 0 Å². The molecule has 2 aromatic carbocycles. The first-order valence-electron chi connectivity index (χ1n) is 10.5. The second kappa shape index (κ2) is 6.99. The van der Waals surface area contributed by atoms with Gasteiger partial charge >= 0.3 is 0 Å². The number of rotatable bonds is 4. The maximum absolute atomic E-state index is 4.92. The summed E-state index contributed by atoms with van der Waals surface area (Å²) in [6, 6.07) is 16.9. The van der Waals surface area contributed by atoms with Crippen LogP contribution in [0.3, 0.4) is 0 Å². The number of fused-ring (bicyclic) bond motifs is 3. The number of benzene rings is 2. The minimum absolute atomic E-state index is 0.824. The van der Waals surface area contributed by atoms with E-state index in [1.165, 1.54) is 38.1 Å². The van der Waals surface area contributed by atoms with Gasteiger partial charge in [-0.1, -0.05) is 41.7 Å². The number of nitrogens with one attached hydrogen (secondary N) is 1. The topological polar surface area (TPSA) is 47.5 Å². The molecule has 0 aliphatic carbocycles. The summed E-state index contributed by atoms with van der Waals surface area (Å²) in [5.41, 5.74) is 7.64. The van der Waals surface area contributed by atoms with Crippen LogP contribution in [0.1, 0.15) is 18.9 Å². The minimum atomic E-state index is 0.824. The monoisotopic (exact) mass is 413 g/mol. The quantitative estimate of drug-likeness (QED) is 0.502. The largest absolute Gasteiger partial charge is 0.374 e. The van der Waals surface area contributed by atoms with E-state index in [9.17, 15) is 0 Å². The van der Waals surface area contributed by atoms with Crippen LogP contribution in [0, 0.1) is 0 Å². The van der Waals surface area contributed by atoms with Crippen LogP contribution in [-0.4, -0.2) is 40.2 Å². The molecule has 6 heteroatoms. The number of hydrogen-bond acceptors (Lipinski definition) is 5. The lowest BCUT2D eigenvalue weighted by Crippen LogP contribution is -2.33. The molecular formula is C24H23N5S. The molecule has 0 fully saturated rings. The van der Waals surface area contributed by atoms with E-state index in [1.54, 1.807) is 11.3 Å². The standard InChI is InChI=1S/C24H23N5S/c1-16-19-15-29(24-26-22-8-4-5-9-23(22)30-24)27-21(19)11-13-28(16)12-10-17-14-25-20-7-3-2-6-18(17)20/h2-9,14,25H,10-13,15H2,1H3. The van der Waals surface area contributed by atoms with Crippen LogP contribution < -0.4 is 5.01 Å². The molecule has 0 bridgehead atoms. The van der Waals surface area contributed by atoms with Gasteiger partial charge in [-0.3, -0.25) is 0 Å². The molecular weight excluding hydrogens is 390 g/mol. The van der Waals surface area contributed by atoms with Crippen LogP contribution >= 0.6 is 11.3 Å². The van der Waals surface area contributed by atoms with Gasteiger partial charge in [0, 0.05) is 47.9 Å². The lowest BCUT2D eigenvalue weighted by molar-refractivity contribution is 0.350. The highest BCUT2D eigenvalue weighted by molar-refractivity contribution is 7.22. The molecule has 4 heterocycles. The van der Waals surface area contributed by atoms with E-state index in [-0.39, 0.29) is 0 Å². The average Bonchev–Trinajstić information content (AvgIpc) is 3.49. The zero-order chi connectivity index (χ0) is 20.1. The zero-order valence-corrected chi connectivity index (χ0v) is 17.7. The summed E-state index contributed by atoms with van der Waals surface area (Å²) in [7, 11) is 0. The first-order valence-corrected chi connectivity index (χ1v) is 11.3. The van der Waals surface area contributed by atoms with Gasteiger partial charge in [-0.25, -0.2) is 9.99 Å². The van der Waals surface area contributed by atoms with Gasteiger partial charge in [0.25, 0.3) is 0 Å². The van der Waals surface area contributed by atoms with Crippen LogP contribution in [0.4, 0.5) is 5.13 Å². The number of thiazole rings is 1. The Morgan fingerprint density at radius 2 is 1.97 bits per heavy atom. The summed E-state index contributed by atoms with van der Waals surface area (Å²) in [5, 5.41) is 9.33. The zero-order valence-electron chi connectivity index (χ0n) is 16.9. The van der Waals surface area contributed by atoms with Gasteiger partial charge < -0.3 is 9.88 Å². The molecule has 2 aliphatic rings. The van der Waals surface area contributed by atoms with Crippen molar-refractivity contribution in [2.45, 2.75) is 19.8 Å². The van der Waals surface area contributed by atoms with Gasteiger partial charge in [0.05, 0.1) is 22.5 Å². The highest BCUT2D eigenvalue weighted by atomic mass is 32.1. The van der Waals surface area contributed by atoms with E-state index >= 15 is 0 Å². The molecule has 1 N–H and O–H groups in total. The van der Waals surface area contributed by atoms with Crippen molar-refractivity contribution < 1.29 is 0 Å². The average molecular weight is 414 g/mol. The Morgan fingerprint density at radius 3 is 2.90 bits per heavy atom. The van der Waals surface area contributed by atoms with Crippen LogP contribution in [0.2, 0.25) is 0 Å². The number of aromatic amines is 1. The summed E-state index contributed by atoms with van der Waals surface area (Å²) in [6.07, 6.45) is 4.21. The molecule has 5 nitrogen and oxygen atoms in total. The molecule has 0 unspecified atom stereocenters. The van der Waals surface area contributed by atoms with E-state index in [4.69, 9.17) is 10.1 Å². The molecule has 0 amide bonds. The van der Waals surface area contributed by atoms with Crippen molar-refractivity contribution in [2.24, 2.45) is 5.10 Å². The first kappa shape index (κ1) is 17.7. The number of H-pyrrole nitrogens is 1. The summed E-state index contributed by atoms with van der Waals surface area (Å²) >= 11 is 1.72. The molecule has 0 atom stereocenters. The summed E-state index contributed by atoms with van der Waals surface area (Å²) in [5.74, 6) is 0. The summed E-state index contributed by atoms with van der Waals surface area (Å²) < 4.78 is 1.22. The second-order valence-electron chi connectivity index (χ2n) is 7.98. The predicted octanol–water partition coefficient (Wildman–Crippen LogP) is 5.18. The summed E-state index contributed by atoms with van der Waals surface area (Å²) in [6.45, 7) is 5.14. The van der Waals surface area contributed by atoms with Crippen molar-refractivity contribution >= 4 is 43.3 Å². The Balaban J connectivity index is 1.21. The predicted molar refractivity (Wildman–Crippen MR) is 125 cm³/mol. The Hall–Kier alpha value is -3.12. The fourth-order valence-corrected chi connectivity index (χ4v) is 5.48. The molecule has 0 saturated heterocycles. The number of para-hydroxylation sites is 2. The smallest absolute Gasteiger partial charge is 0.207 e. The first-order chi connectivity index (χ1) is 14.8.